The molecule has 58 heavy (non-hydrogen) atoms. The third-order valence-corrected chi connectivity index (χ3v) is 12.2. The molecule has 0 aromatic heterocycles. The van der Waals surface area contributed by atoms with Crippen molar-refractivity contribution in [3.05, 3.63) is 117 Å². The maximum Gasteiger partial charge on any atom is 0.235 e. The van der Waals surface area contributed by atoms with E-state index in [9.17, 15) is 19.2 Å². The van der Waals surface area contributed by atoms with Crippen LogP contribution in [0.3, 0.4) is 0 Å². The molecular weight excluding hydrogens is 757 g/mol. The molecule has 4 aliphatic rings. The van der Waals surface area contributed by atoms with Crippen molar-refractivity contribution < 1.29 is 28.2 Å². The molecule has 2 amide bonds. The maximum atomic E-state index is 13.5. The molecule has 0 bridgehead atoms. The van der Waals surface area contributed by atoms with Crippen molar-refractivity contribution in [2.24, 2.45) is 5.41 Å². The van der Waals surface area contributed by atoms with E-state index < -0.39 is 11.6 Å². The van der Waals surface area contributed by atoms with E-state index in [4.69, 9.17) is 32.4 Å². The van der Waals surface area contributed by atoms with E-state index in [1.807, 2.05) is 18.2 Å². The summed E-state index contributed by atoms with van der Waals surface area (Å²) in [5.41, 5.74) is 7.15. The second-order valence-electron chi connectivity index (χ2n) is 15.9. The Morgan fingerprint density at radius 3 is 2.53 bits per heavy atom. The zero-order valence-corrected chi connectivity index (χ0v) is 33.2. The predicted octanol–water partition coefficient (Wildman–Crippen LogP) is 8.43. The van der Waals surface area contributed by atoms with Crippen LogP contribution in [0.25, 0.3) is 16.0 Å². The second-order valence-corrected chi connectivity index (χ2v) is 16.3. The van der Waals surface area contributed by atoms with Gasteiger partial charge in [0.25, 0.3) is 0 Å². The Morgan fingerprint density at radius 1 is 0.983 bits per heavy atom. The molecule has 12 heteroatoms. The average molecular weight is 802 g/mol. The van der Waals surface area contributed by atoms with E-state index in [-0.39, 0.29) is 30.9 Å². The molecular formula is C46H45ClFN5O5. The van der Waals surface area contributed by atoms with E-state index in [0.717, 1.165) is 72.5 Å². The first kappa shape index (κ1) is 39.4. The Kier molecular flexibility index (Phi) is 11.4. The van der Waals surface area contributed by atoms with Gasteiger partial charge in [-0.05, 0) is 103 Å². The third-order valence-electron chi connectivity index (χ3n) is 11.9. The van der Waals surface area contributed by atoms with Gasteiger partial charge in [-0.15, -0.1) is 0 Å². The van der Waals surface area contributed by atoms with Gasteiger partial charge < -0.3 is 19.1 Å². The Hall–Kier alpha value is -5.46. The zero-order valence-electron chi connectivity index (χ0n) is 32.5. The van der Waals surface area contributed by atoms with Crippen LogP contribution < -0.4 is 19.5 Å². The molecule has 3 fully saturated rings. The normalized spacial score (nSPS) is 18.9. The Bertz CT molecular complexity index is 2290. The van der Waals surface area contributed by atoms with Gasteiger partial charge in [-0.3, -0.25) is 19.8 Å². The zero-order chi connectivity index (χ0) is 40.4. The topological polar surface area (TPSA) is 108 Å². The van der Waals surface area contributed by atoms with E-state index in [1.165, 1.54) is 5.56 Å². The van der Waals surface area contributed by atoms with Crippen molar-refractivity contribution in [1.29, 1.82) is 5.26 Å². The van der Waals surface area contributed by atoms with Gasteiger partial charge in [0.05, 0.1) is 29.7 Å². The van der Waals surface area contributed by atoms with Gasteiger partial charge in [-0.1, -0.05) is 41.9 Å². The summed E-state index contributed by atoms with van der Waals surface area (Å²) >= 11 is 6.97. The SMILES string of the molecule is [C-]#[N+]c1cc(C#N)cc(COc2cc(O[C@H]3CCc4c(-c5cccc(OCCCN6CCC(F)CC6)c5C)cccc43)c(Cl)cc2CN2CC3(CC(=O)NC3=O)C2)c1. The number of amides is 2. The molecule has 8 rings (SSSR count). The fraction of sp³-hybridized carbons (Fsp3) is 0.391. The second kappa shape index (κ2) is 16.8. The summed E-state index contributed by atoms with van der Waals surface area (Å²) in [6.07, 6.45) is 2.95. The lowest BCUT2D eigenvalue weighted by Gasteiger charge is -2.45. The number of carbonyl (C=O) groups is 2. The number of fused-ring (bicyclic) bond motifs is 1. The smallest absolute Gasteiger partial charge is 0.235 e. The molecule has 4 aromatic carbocycles. The number of hydrogen-bond donors (Lipinski definition) is 1. The van der Waals surface area contributed by atoms with Gasteiger partial charge in [0.15, 0.2) is 5.69 Å². The van der Waals surface area contributed by atoms with Crippen molar-refractivity contribution >= 4 is 29.1 Å². The summed E-state index contributed by atoms with van der Waals surface area (Å²) in [4.78, 5) is 32.4. The number of halogens is 2. The highest BCUT2D eigenvalue weighted by molar-refractivity contribution is 6.32. The Labute approximate surface area is 343 Å². The molecule has 0 unspecified atom stereocenters. The number of benzene rings is 4. The summed E-state index contributed by atoms with van der Waals surface area (Å²) in [7, 11) is 0. The fourth-order valence-corrected chi connectivity index (χ4v) is 9.11. The highest BCUT2D eigenvalue weighted by Gasteiger charge is 2.54. The minimum absolute atomic E-state index is 0.101. The number of nitrogens with one attached hydrogen (secondary N) is 1. The molecule has 298 valence electrons. The van der Waals surface area contributed by atoms with Crippen LogP contribution >= 0.6 is 11.6 Å². The van der Waals surface area contributed by atoms with Crippen molar-refractivity contribution in [2.75, 3.05) is 39.3 Å². The number of ether oxygens (including phenoxy) is 3. The Balaban J connectivity index is 0.996. The van der Waals surface area contributed by atoms with Crippen LogP contribution in [0, 0.1) is 30.2 Å². The number of hydrogen-bond acceptors (Lipinski definition) is 8. The lowest BCUT2D eigenvalue weighted by molar-refractivity contribution is -0.137. The van der Waals surface area contributed by atoms with Gasteiger partial charge in [0, 0.05) is 62.9 Å². The Morgan fingerprint density at radius 2 is 1.78 bits per heavy atom. The lowest BCUT2D eigenvalue weighted by atomic mass is 9.78. The third kappa shape index (κ3) is 8.26. The summed E-state index contributed by atoms with van der Waals surface area (Å²) in [5.74, 6) is 1.39. The van der Waals surface area contributed by atoms with Crippen molar-refractivity contribution in [3.63, 3.8) is 0 Å². The number of rotatable bonds is 13. The van der Waals surface area contributed by atoms with Gasteiger partial charge >= 0.3 is 0 Å². The molecule has 4 aromatic rings. The maximum absolute atomic E-state index is 13.5. The molecule has 1 aliphatic carbocycles. The molecule has 0 radical (unpaired) electrons. The lowest BCUT2D eigenvalue weighted by Crippen LogP contribution is -2.59. The minimum Gasteiger partial charge on any atom is -0.493 e. The molecule has 3 heterocycles. The monoisotopic (exact) mass is 801 g/mol. The molecule has 1 N–H and O–H groups in total. The average Bonchev–Trinajstić information content (AvgIpc) is 3.76. The quantitative estimate of drug-likeness (QED) is 0.0816. The largest absolute Gasteiger partial charge is 0.493 e. The van der Waals surface area contributed by atoms with Gasteiger partial charge in [0.1, 0.15) is 36.1 Å². The first-order valence-corrected chi connectivity index (χ1v) is 20.3. The fourth-order valence-electron chi connectivity index (χ4n) is 8.88. The minimum atomic E-state index is -0.698. The summed E-state index contributed by atoms with van der Waals surface area (Å²) in [6.45, 7) is 14.1. The predicted molar refractivity (Wildman–Crippen MR) is 218 cm³/mol. The summed E-state index contributed by atoms with van der Waals surface area (Å²) < 4.78 is 33.0. The van der Waals surface area contributed by atoms with Crippen LogP contribution in [0.2, 0.25) is 5.02 Å². The highest BCUT2D eigenvalue weighted by Crippen LogP contribution is 2.45. The molecule has 1 spiro atoms. The van der Waals surface area contributed by atoms with Crippen molar-refractivity contribution in [1.82, 2.24) is 15.1 Å². The van der Waals surface area contributed by atoms with Crippen LogP contribution in [0.15, 0.2) is 66.7 Å². The van der Waals surface area contributed by atoms with Crippen LogP contribution in [-0.2, 0) is 29.2 Å². The van der Waals surface area contributed by atoms with Crippen LogP contribution in [0.5, 0.6) is 17.2 Å². The van der Waals surface area contributed by atoms with E-state index in [1.54, 1.807) is 24.3 Å². The highest BCUT2D eigenvalue weighted by atomic mass is 35.5. The molecule has 3 saturated heterocycles. The summed E-state index contributed by atoms with van der Waals surface area (Å²) in [5, 5.41) is 12.4. The number of piperidine rings is 1. The standard InChI is InChI=1S/C46H45ClFN5O5/c1-29-35(6-4-9-40(29)56-17-5-14-52-15-12-33(48)13-16-52)36-7-3-8-38-37(36)10-11-41(38)58-43-22-42(57-26-31-18-30(24-49)19-34(20-31)50-2)32(21-39(43)47)25-53-27-46(28-53)23-44(54)51-45(46)55/h3-4,6-9,18-22,33,41H,5,10-17,23,25-28H2,1H3,(H,51,54,55)/t41-/m0/s1. The van der Waals surface area contributed by atoms with E-state index in [0.29, 0.717) is 72.4 Å². The van der Waals surface area contributed by atoms with Crippen molar-refractivity contribution in [2.45, 2.75) is 70.9 Å². The molecule has 1 atom stereocenters. The van der Waals surface area contributed by atoms with Gasteiger partial charge in [-0.2, -0.15) is 5.26 Å². The van der Waals surface area contributed by atoms with E-state index in [2.05, 4.69) is 57.2 Å². The van der Waals surface area contributed by atoms with Crippen LogP contribution in [-0.4, -0.2) is 67.1 Å². The van der Waals surface area contributed by atoms with Crippen LogP contribution in [0.1, 0.15) is 71.6 Å². The summed E-state index contributed by atoms with van der Waals surface area (Å²) in [6, 6.07) is 23.2. The first-order chi connectivity index (χ1) is 28.1. The number of nitriles is 1. The number of imide groups is 1. The van der Waals surface area contributed by atoms with Gasteiger partial charge in [0.2, 0.25) is 11.8 Å². The number of alkyl halides is 1. The molecule has 3 aliphatic heterocycles. The first-order valence-electron chi connectivity index (χ1n) is 19.9. The number of nitrogens with zero attached hydrogens (tertiary/aromatic N) is 4. The van der Waals surface area contributed by atoms with Crippen molar-refractivity contribution in [3.8, 4) is 34.4 Å². The van der Waals surface area contributed by atoms with Gasteiger partial charge in [-0.25, -0.2) is 9.24 Å². The molecule has 0 saturated carbocycles. The van der Waals surface area contributed by atoms with E-state index >= 15 is 0 Å². The number of carbonyl (C=O) groups excluding carboxylic acids is 2. The van der Waals surface area contributed by atoms with Crippen LogP contribution in [0.4, 0.5) is 10.1 Å². The molecule has 10 nitrogen and oxygen atoms in total. The number of likely N-dealkylation sites (tertiary alicyclic amines) is 2.